The number of nitrogens with one attached hydrogen (secondary N) is 2. The van der Waals surface area contributed by atoms with Gasteiger partial charge in [-0.25, -0.2) is 0 Å². The van der Waals surface area contributed by atoms with Crippen molar-refractivity contribution in [2.24, 2.45) is 0 Å². The number of fused-ring (bicyclic) bond motifs is 1. The number of para-hydroxylation sites is 2. The van der Waals surface area contributed by atoms with Gasteiger partial charge in [-0.2, -0.15) is 0 Å². The molecule has 0 unspecified atom stereocenters. The molecule has 0 aliphatic carbocycles. The number of H-pyrrole nitrogens is 1. The number of anilines is 1. The van der Waals surface area contributed by atoms with E-state index < -0.39 is 0 Å². The standard InChI is InChI=1S/C18H17ClN2O2/c1-11(2)23-17-6-4-3-5-14(17)21-18(22)16-9-12-7-8-13(19)10-15(12)20-16/h3-11,20H,1-2H3,(H,21,22). The molecule has 0 fully saturated rings. The summed E-state index contributed by atoms with van der Waals surface area (Å²) in [6.07, 6.45) is 0.0308. The zero-order chi connectivity index (χ0) is 16.4. The van der Waals surface area contributed by atoms with E-state index in [0.717, 1.165) is 10.9 Å². The highest BCUT2D eigenvalue weighted by atomic mass is 35.5. The predicted octanol–water partition coefficient (Wildman–Crippen LogP) is 4.86. The fourth-order valence-electron chi connectivity index (χ4n) is 2.34. The van der Waals surface area contributed by atoms with Crippen LogP contribution >= 0.6 is 11.6 Å². The summed E-state index contributed by atoms with van der Waals surface area (Å²) in [7, 11) is 0. The lowest BCUT2D eigenvalue weighted by atomic mass is 10.2. The Bertz CT molecular complexity index is 855. The van der Waals surface area contributed by atoms with Crippen molar-refractivity contribution in [2.75, 3.05) is 5.32 Å². The third kappa shape index (κ3) is 3.48. The molecule has 0 spiro atoms. The Balaban J connectivity index is 1.86. The van der Waals surface area contributed by atoms with E-state index in [0.29, 0.717) is 22.2 Å². The van der Waals surface area contributed by atoms with Crippen LogP contribution < -0.4 is 10.1 Å². The van der Waals surface area contributed by atoms with E-state index in [1.165, 1.54) is 0 Å². The van der Waals surface area contributed by atoms with Gasteiger partial charge in [-0.15, -0.1) is 0 Å². The van der Waals surface area contributed by atoms with E-state index in [1.54, 1.807) is 18.2 Å². The number of halogens is 1. The minimum atomic E-state index is -0.225. The number of benzene rings is 2. The van der Waals surface area contributed by atoms with E-state index in [1.807, 2.05) is 44.2 Å². The van der Waals surface area contributed by atoms with Gasteiger partial charge in [0.2, 0.25) is 0 Å². The molecule has 1 heterocycles. The molecule has 5 heteroatoms. The number of rotatable bonds is 4. The summed E-state index contributed by atoms with van der Waals surface area (Å²) in [5.74, 6) is 0.423. The minimum absolute atomic E-state index is 0.0308. The van der Waals surface area contributed by atoms with Gasteiger partial charge < -0.3 is 15.0 Å². The molecule has 1 amide bonds. The topological polar surface area (TPSA) is 54.1 Å². The average molecular weight is 329 g/mol. The Labute approximate surface area is 139 Å². The zero-order valence-corrected chi connectivity index (χ0v) is 13.6. The Kier molecular flexibility index (Phi) is 4.26. The van der Waals surface area contributed by atoms with Crippen LogP contribution in [0.25, 0.3) is 10.9 Å². The van der Waals surface area contributed by atoms with Gasteiger partial charge in [0.05, 0.1) is 11.8 Å². The normalized spacial score (nSPS) is 11.0. The van der Waals surface area contributed by atoms with Crippen molar-refractivity contribution in [2.45, 2.75) is 20.0 Å². The third-order valence-corrected chi connectivity index (χ3v) is 3.56. The van der Waals surface area contributed by atoms with Crippen molar-refractivity contribution in [3.05, 3.63) is 59.2 Å². The summed E-state index contributed by atoms with van der Waals surface area (Å²) < 4.78 is 5.71. The molecule has 0 bridgehead atoms. The number of hydrogen-bond donors (Lipinski definition) is 2. The molecule has 0 aliphatic rings. The van der Waals surface area contributed by atoms with E-state index in [4.69, 9.17) is 16.3 Å². The zero-order valence-electron chi connectivity index (χ0n) is 12.9. The number of aromatic nitrogens is 1. The van der Waals surface area contributed by atoms with E-state index >= 15 is 0 Å². The first kappa shape index (κ1) is 15.4. The van der Waals surface area contributed by atoms with Crippen molar-refractivity contribution in [1.29, 1.82) is 0 Å². The first-order valence-electron chi connectivity index (χ1n) is 7.38. The molecule has 3 aromatic rings. The van der Waals surface area contributed by atoms with Gasteiger partial charge in [-0.05, 0) is 44.2 Å². The summed E-state index contributed by atoms with van der Waals surface area (Å²) in [5.41, 5.74) is 1.94. The van der Waals surface area contributed by atoms with Gasteiger partial charge in [0, 0.05) is 15.9 Å². The summed E-state index contributed by atoms with van der Waals surface area (Å²) in [6.45, 7) is 3.89. The SMILES string of the molecule is CC(C)Oc1ccccc1NC(=O)c1cc2ccc(Cl)cc2[nH]1. The minimum Gasteiger partial charge on any atom is -0.489 e. The van der Waals surface area contributed by atoms with Gasteiger partial charge in [0.25, 0.3) is 5.91 Å². The van der Waals surface area contributed by atoms with Crippen molar-refractivity contribution >= 4 is 34.1 Å². The summed E-state index contributed by atoms with van der Waals surface area (Å²) in [6, 6.07) is 14.6. The fraction of sp³-hybridized carbons (Fsp3) is 0.167. The van der Waals surface area contributed by atoms with Crippen LogP contribution in [0.15, 0.2) is 48.5 Å². The van der Waals surface area contributed by atoms with E-state index in [9.17, 15) is 4.79 Å². The summed E-state index contributed by atoms with van der Waals surface area (Å²) in [4.78, 5) is 15.6. The molecular weight excluding hydrogens is 312 g/mol. The number of ether oxygens (including phenoxy) is 1. The second kappa shape index (κ2) is 6.34. The number of hydrogen-bond acceptors (Lipinski definition) is 2. The lowest BCUT2D eigenvalue weighted by molar-refractivity contribution is 0.102. The molecule has 118 valence electrons. The van der Waals surface area contributed by atoms with Crippen LogP contribution in [0.5, 0.6) is 5.75 Å². The summed E-state index contributed by atoms with van der Waals surface area (Å²) in [5, 5.41) is 4.44. The molecular formula is C18H17ClN2O2. The average Bonchev–Trinajstić information content (AvgIpc) is 2.92. The third-order valence-electron chi connectivity index (χ3n) is 3.33. The van der Waals surface area contributed by atoms with Crippen molar-refractivity contribution in [3.63, 3.8) is 0 Å². The maximum absolute atomic E-state index is 12.5. The molecule has 0 saturated carbocycles. The smallest absolute Gasteiger partial charge is 0.272 e. The van der Waals surface area contributed by atoms with Crippen molar-refractivity contribution in [1.82, 2.24) is 4.98 Å². The molecule has 2 aromatic carbocycles. The van der Waals surface area contributed by atoms with Gasteiger partial charge in [-0.3, -0.25) is 4.79 Å². The van der Waals surface area contributed by atoms with Crippen LogP contribution in [-0.4, -0.2) is 17.0 Å². The van der Waals surface area contributed by atoms with Crippen LogP contribution in [0.2, 0.25) is 5.02 Å². The fourth-order valence-corrected chi connectivity index (χ4v) is 2.51. The Morgan fingerprint density at radius 1 is 1.17 bits per heavy atom. The maximum atomic E-state index is 12.5. The maximum Gasteiger partial charge on any atom is 0.272 e. The number of amides is 1. The van der Waals surface area contributed by atoms with Crippen LogP contribution in [0, 0.1) is 0 Å². The molecule has 0 radical (unpaired) electrons. The van der Waals surface area contributed by atoms with Gasteiger partial charge in [0.15, 0.2) is 0 Å². The highest BCUT2D eigenvalue weighted by Crippen LogP contribution is 2.26. The molecule has 0 saturated heterocycles. The number of aromatic amines is 1. The number of carbonyl (C=O) groups is 1. The highest BCUT2D eigenvalue weighted by Gasteiger charge is 2.13. The first-order chi connectivity index (χ1) is 11.0. The molecule has 0 atom stereocenters. The lowest BCUT2D eigenvalue weighted by Crippen LogP contribution is -2.14. The first-order valence-corrected chi connectivity index (χ1v) is 7.76. The Morgan fingerprint density at radius 3 is 2.74 bits per heavy atom. The van der Waals surface area contributed by atoms with Gasteiger partial charge in [0.1, 0.15) is 11.4 Å². The predicted molar refractivity (Wildman–Crippen MR) is 93.5 cm³/mol. The number of carbonyl (C=O) groups excluding carboxylic acids is 1. The van der Waals surface area contributed by atoms with Crippen LogP contribution in [0.3, 0.4) is 0 Å². The van der Waals surface area contributed by atoms with E-state index in [-0.39, 0.29) is 12.0 Å². The molecule has 23 heavy (non-hydrogen) atoms. The van der Waals surface area contributed by atoms with Crippen molar-refractivity contribution < 1.29 is 9.53 Å². The Morgan fingerprint density at radius 2 is 1.96 bits per heavy atom. The lowest BCUT2D eigenvalue weighted by Gasteiger charge is -2.14. The van der Waals surface area contributed by atoms with Gasteiger partial charge >= 0.3 is 0 Å². The molecule has 3 rings (SSSR count). The molecule has 4 nitrogen and oxygen atoms in total. The molecule has 1 aromatic heterocycles. The summed E-state index contributed by atoms with van der Waals surface area (Å²) >= 11 is 5.97. The van der Waals surface area contributed by atoms with Crippen molar-refractivity contribution in [3.8, 4) is 5.75 Å². The van der Waals surface area contributed by atoms with E-state index in [2.05, 4.69) is 10.3 Å². The van der Waals surface area contributed by atoms with Crippen LogP contribution in [0.1, 0.15) is 24.3 Å². The largest absolute Gasteiger partial charge is 0.489 e. The highest BCUT2D eigenvalue weighted by molar-refractivity contribution is 6.31. The van der Waals surface area contributed by atoms with Gasteiger partial charge in [-0.1, -0.05) is 29.8 Å². The molecule has 0 aliphatic heterocycles. The van der Waals surface area contributed by atoms with Crippen LogP contribution in [-0.2, 0) is 0 Å². The second-order valence-corrected chi connectivity index (χ2v) is 5.97. The van der Waals surface area contributed by atoms with Crippen LogP contribution in [0.4, 0.5) is 5.69 Å². The second-order valence-electron chi connectivity index (χ2n) is 5.53. The quantitative estimate of drug-likeness (QED) is 0.718. The Hall–Kier alpha value is -2.46. The monoisotopic (exact) mass is 328 g/mol. The molecule has 2 N–H and O–H groups in total.